The van der Waals surface area contributed by atoms with Crippen LogP contribution in [0.4, 0.5) is 5.69 Å². The van der Waals surface area contributed by atoms with E-state index in [1.807, 2.05) is 99.7 Å². The molecule has 0 radical (unpaired) electrons. The van der Waals surface area contributed by atoms with Gasteiger partial charge in [0.2, 0.25) is 0 Å². The van der Waals surface area contributed by atoms with Gasteiger partial charge in [0.15, 0.2) is 0 Å². The van der Waals surface area contributed by atoms with Gasteiger partial charge in [-0.25, -0.2) is 4.21 Å². The van der Waals surface area contributed by atoms with E-state index in [4.69, 9.17) is 13.8 Å². The molecular formula is C30H33NO3S. The Kier molecular flexibility index (Phi) is 6.91. The van der Waals surface area contributed by atoms with Gasteiger partial charge in [0, 0.05) is 10.3 Å². The number of benzene rings is 3. The number of hydrogen-bond acceptors (Lipinski definition) is 4. The van der Waals surface area contributed by atoms with Crippen molar-refractivity contribution in [2.45, 2.75) is 37.7 Å². The quantitative estimate of drug-likeness (QED) is 0.360. The molecule has 0 fully saturated rings. The van der Waals surface area contributed by atoms with E-state index in [9.17, 15) is 4.21 Å². The van der Waals surface area contributed by atoms with Crippen LogP contribution in [-0.2, 0) is 9.73 Å². The third-order valence-corrected chi connectivity index (χ3v) is 9.62. The highest BCUT2D eigenvalue weighted by atomic mass is 32.2. The zero-order valence-corrected chi connectivity index (χ0v) is 22.1. The molecule has 0 aromatic heterocycles. The van der Waals surface area contributed by atoms with Crippen molar-refractivity contribution in [2.75, 3.05) is 14.2 Å². The maximum atomic E-state index is 15.0. The predicted molar refractivity (Wildman–Crippen MR) is 147 cm³/mol. The van der Waals surface area contributed by atoms with E-state index in [-0.39, 0.29) is 5.25 Å². The molecule has 0 spiro atoms. The van der Waals surface area contributed by atoms with E-state index in [1.165, 1.54) is 0 Å². The average molecular weight is 488 g/mol. The molecule has 0 amide bonds. The van der Waals surface area contributed by atoms with Gasteiger partial charge in [0.1, 0.15) is 11.5 Å². The Labute approximate surface area is 209 Å². The van der Waals surface area contributed by atoms with Crippen LogP contribution in [0.3, 0.4) is 0 Å². The lowest BCUT2D eigenvalue weighted by atomic mass is 10.0. The summed E-state index contributed by atoms with van der Waals surface area (Å²) >= 11 is 0. The van der Waals surface area contributed by atoms with Crippen molar-refractivity contribution in [3.8, 4) is 22.6 Å². The number of aryl methyl sites for hydroxylation is 1. The van der Waals surface area contributed by atoms with Gasteiger partial charge in [-0.05, 0) is 80.8 Å². The van der Waals surface area contributed by atoms with Crippen LogP contribution in [0.15, 0.2) is 89.3 Å². The monoisotopic (exact) mass is 487 g/mol. The number of nitrogens with zero attached hydrogens (tertiary/aromatic N) is 1. The molecule has 182 valence electrons. The lowest BCUT2D eigenvalue weighted by Gasteiger charge is -2.31. The Balaban J connectivity index is 1.87. The minimum absolute atomic E-state index is 0.332. The van der Waals surface area contributed by atoms with Gasteiger partial charge < -0.3 is 9.47 Å². The summed E-state index contributed by atoms with van der Waals surface area (Å²) in [6.45, 7) is 8.09. The maximum absolute atomic E-state index is 15.0. The first-order valence-corrected chi connectivity index (χ1v) is 13.3. The molecule has 0 saturated carbocycles. The first-order chi connectivity index (χ1) is 16.7. The largest absolute Gasteiger partial charge is 0.497 e. The molecule has 0 N–H and O–H groups in total. The van der Waals surface area contributed by atoms with Crippen molar-refractivity contribution < 1.29 is 13.7 Å². The minimum atomic E-state index is -2.79. The molecule has 1 aliphatic carbocycles. The van der Waals surface area contributed by atoms with Gasteiger partial charge in [-0.2, -0.15) is 4.36 Å². The van der Waals surface area contributed by atoms with Gasteiger partial charge >= 0.3 is 0 Å². The van der Waals surface area contributed by atoms with E-state index < -0.39 is 14.5 Å². The Bertz CT molecular complexity index is 1390. The Morgan fingerprint density at radius 3 is 1.94 bits per heavy atom. The van der Waals surface area contributed by atoms with Crippen molar-refractivity contribution in [1.29, 1.82) is 0 Å². The highest BCUT2D eigenvalue weighted by Crippen LogP contribution is 2.41. The summed E-state index contributed by atoms with van der Waals surface area (Å²) in [4.78, 5) is 0. The summed E-state index contributed by atoms with van der Waals surface area (Å²) in [5, 5.41) is -0.332. The summed E-state index contributed by atoms with van der Waals surface area (Å²) in [6, 6.07) is 21.9. The lowest BCUT2D eigenvalue weighted by Crippen LogP contribution is -2.36. The fourth-order valence-electron chi connectivity index (χ4n) is 4.23. The molecule has 2 atom stereocenters. The van der Waals surface area contributed by atoms with Gasteiger partial charge in [0.25, 0.3) is 0 Å². The van der Waals surface area contributed by atoms with Crippen LogP contribution >= 0.6 is 0 Å². The van der Waals surface area contributed by atoms with Crippen LogP contribution < -0.4 is 9.47 Å². The Hall–Kier alpha value is -3.31. The van der Waals surface area contributed by atoms with Crippen LogP contribution in [0.5, 0.6) is 11.5 Å². The second kappa shape index (κ2) is 9.74. The van der Waals surface area contributed by atoms with Crippen molar-refractivity contribution in [1.82, 2.24) is 0 Å². The van der Waals surface area contributed by atoms with Crippen LogP contribution in [0, 0.1) is 6.92 Å². The van der Waals surface area contributed by atoms with Crippen LogP contribution in [0.25, 0.3) is 16.7 Å². The molecule has 0 heterocycles. The molecule has 5 heteroatoms. The number of hydrogen-bond donors (Lipinski definition) is 0. The first-order valence-electron chi connectivity index (χ1n) is 11.7. The second-order valence-corrected chi connectivity index (χ2v) is 12.7. The normalized spacial score (nSPS) is 17.0. The molecule has 1 aliphatic rings. The Morgan fingerprint density at radius 1 is 0.829 bits per heavy atom. The van der Waals surface area contributed by atoms with Crippen molar-refractivity contribution in [3.63, 3.8) is 0 Å². The van der Waals surface area contributed by atoms with Gasteiger partial charge in [-0.3, -0.25) is 0 Å². The van der Waals surface area contributed by atoms with E-state index in [1.54, 1.807) is 14.2 Å². The third-order valence-electron chi connectivity index (χ3n) is 6.30. The molecule has 4 rings (SSSR count). The summed E-state index contributed by atoms with van der Waals surface area (Å²) in [5.41, 5.74) is 5.85. The van der Waals surface area contributed by atoms with E-state index in [0.29, 0.717) is 0 Å². The summed E-state index contributed by atoms with van der Waals surface area (Å²) in [6.07, 6.45) is 6.06. The molecule has 35 heavy (non-hydrogen) atoms. The van der Waals surface area contributed by atoms with Gasteiger partial charge in [0.05, 0.1) is 34.9 Å². The zero-order valence-electron chi connectivity index (χ0n) is 21.2. The van der Waals surface area contributed by atoms with Crippen LogP contribution in [-0.4, -0.2) is 28.4 Å². The fraction of sp³-hybridized carbons (Fsp3) is 0.267. The topological polar surface area (TPSA) is 47.9 Å². The molecule has 4 nitrogen and oxygen atoms in total. The van der Waals surface area contributed by atoms with E-state index in [2.05, 4.69) is 13.0 Å². The first kappa shape index (κ1) is 24.8. The number of allylic oxidation sites excluding steroid dienone is 2. The SMILES string of the molecule is COc1ccc(C2=CC=CC2S(=O)(=Nc2ccc(C)cc2-c2ccc(OC)cc2)C(C)(C)C)cc1. The summed E-state index contributed by atoms with van der Waals surface area (Å²) in [7, 11) is 0.519. The minimum Gasteiger partial charge on any atom is -0.497 e. The second-order valence-electron chi connectivity index (χ2n) is 9.68. The summed E-state index contributed by atoms with van der Waals surface area (Å²) < 4.78 is 30.1. The molecule has 0 bridgehead atoms. The third kappa shape index (κ3) is 4.92. The van der Waals surface area contributed by atoms with Gasteiger partial charge in [-0.1, -0.05) is 54.1 Å². The van der Waals surface area contributed by atoms with Crippen LogP contribution in [0.2, 0.25) is 0 Å². The highest BCUT2D eigenvalue weighted by molar-refractivity contribution is 7.96. The van der Waals surface area contributed by atoms with Crippen molar-refractivity contribution in [2.24, 2.45) is 4.36 Å². The predicted octanol–water partition coefficient (Wildman–Crippen LogP) is 7.60. The average Bonchev–Trinajstić information content (AvgIpc) is 3.35. The van der Waals surface area contributed by atoms with Crippen molar-refractivity contribution >= 4 is 21.0 Å². The van der Waals surface area contributed by atoms with E-state index in [0.717, 1.165) is 45.0 Å². The van der Waals surface area contributed by atoms with Gasteiger partial charge in [-0.15, -0.1) is 0 Å². The number of rotatable bonds is 6. The maximum Gasteiger partial charge on any atom is 0.118 e. The zero-order chi connectivity index (χ0) is 25.2. The molecular weight excluding hydrogens is 454 g/mol. The molecule has 0 aliphatic heterocycles. The van der Waals surface area contributed by atoms with Crippen LogP contribution in [0.1, 0.15) is 31.9 Å². The highest BCUT2D eigenvalue weighted by Gasteiger charge is 2.37. The molecule has 3 aromatic rings. The molecule has 3 aromatic carbocycles. The molecule has 0 saturated heterocycles. The number of ether oxygens (including phenoxy) is 2. The standard InChI is InChI=1S/C30H33NO3S/c1-21-10-19-28(27(20-21)23-13-17-25(34-6)18-14-23)31-35(32,30(2,3)4)29-9-7-8-26(29)22-11-15-24(33-5)16-12-22/h7-20,29H,1-6H3. The van der Waals surface area contributed by atoms with E-state index >= 15 is 0 Å². The summed E-state index contributed by atoms with van der Waals surface area (Å²) in [5.74, 6) is 1.59. The van der Waals surface area contributed by atoms with Crippen molar-refractivity contribution in [3.05, 3.63) is 96.1 Å². The molecule has 2 unspecified atom stereocenters. The lowest BCUT2D eigenvalue weighted by molar-refractivity contribution is 0.414. The Morgan fingerprint density at radius 2 is 1.40 bits per heavy atom. The fourth-order valence-corrected chi connectivity index (χ4v) is 6.70. The number of methoxy groups -OCH3 is 2. The smallest absolute Gasteiger partial charge is 0.118 e.